The maximum Gasteiger partial charge on any atom is 0.251 e. The van der Waals surface area contributed by atoms with Gasteiger partial charge in [0.1, 0.15) is 6.10 Å². The van der Waals surface area contributed by atoms with Crippen molar-refractivity contribution in [3.05, 3.63) is 0 Å². The highest BCUT2D eigenvalue weighted by Gasteiger charge is 2.31. The van der Waals surface area contributed by atoms with Gasteiger partial charge in [0.2, 0.25) is 0 Å². The van der Waals surface area contributed by atoms with Crippen LogP contribution in [-0.4, -0.2) is 88.4 Å². The van der Waals surface area contributed by atoms with Gasteiger partial charge in [-0.05, 0) is 40.5 Å². The van der Waals surface area contributed by atoms with E-state index in [4.69, 9.17) is 4.74 Å². The van der Waals surface area contributed by atoms with E-state index in [9.17, 15) is 9.00 Å². The van der Waals surface area contributed by atoms with Gasteiger partial charge in [-0.15, -0.1) is 24.0 Å². The summed E-state index contributed by atoms with van der Waals surface area (Å²) in [4.78, 5) is 21.2. The molecule has 2 atom stereocenters. The van der Waals surface area contributed by atoms with Crippen LogP contribution in [0.25, 0.3) is 0 Å². The quantitative estimate of drug-likeness (QED) is 0.342. The number of ether oxygens (including phenoxy) is 1. The number of nitrogens with one attached hydrogen (secondary N) is 1. The molecule has 1 N–H and O–H groups in total. The van der Waals surface area contributed by atoms with Crippen LogP contribution in [0.3, 0.4) is 0 Å². The molecule has 1 amide bonds. The summed E-state index contributed by atoms with van der Waals surface area (Å²) >= 11 is 0. The molecule has 2 unspecified atom stereocenters. The largest absolute Gasteiger partial charge is 0.368 e. The summed E-state index contributed by atoms with van der Waals surface area (Å²) in [6.45, 7) is 12.9. The molecule has 2 fully saturated rings. The summed E-state index contributed by atoms with van der Waals surface area (Å²) in [6.07, 6.45) is 1.58. The number of amides is 1. The Hall–Kier alpha value is -0.420. The molecule has 0 aromatic rings. The number of carbonyl (C=O) groups excluding carboxylic acids is 1. The van der Waals surface area contributed by atoms with Crippen molar-refractivity contribution >= 4 is 46.6 Å². The van der Waals surface area contributed by atoms with E-state index < -0.39 is 10.8 Å². The zero-order valence-electron chi connectivity index (χ0n) is 17.0. The standard InChI is InChI=1S/C18H34N4O3S.HI/c1-5-19-17(20-8-14-26(24)18(2,3)4)22-11-9-21(10-12-22)16(23)15-7-6-13-25-15;/h15H,5-14H2,1-4H3,(H,19,20);1H. The van der Waals surface area contributed by atoms with Crippen LogP contribution in [0.2, 0.25) is 0 Å². The maximum absolute atomic E-state index is 12.4. The Kier molecular flexibility index (Phi) is 10.5. The molecular formula is C18H35IN4O3S. The van der Waals surface area contributed by atoms with Crippen molar-refractivity contribution in [3.8, 4) is 0 Å². The lowest BCUT2D eigenvalue weighted by Gasteiger charge is -2.37. The van der Waals surface area contributed by atoms with Crippen molar-refractivity contribution in [2.24, 2.45) is 4.99 Å². The highest BCUT2D eigenvalue weighted by Crippen LogP contribution is 2.16. The van der Waals surface area contributed by atoms with E-state index in [0.29, 0.717) is 32.0 Å². The van der Waals surface area contributed by atoms with Crippen molar-refractivity contribution < 1.29 is 13.7 Å². The van der Waals surface area contributed by atoms with Gasteiger partial charge in [0.15, 0.2) is 5.96 Å². The van der Waals surface area contributed by atoms with Crippen LogP contribution in [-0.2, 0) is 20.3 Å². The Bertz CT molecular complexity index is 525. The van der Waals surface area contributed by atoms with E-state index in [-0.39, 0.29) is 40.7 Å². The number of piperazine rings is 1. The third-order valence-electron chi connectivity index (χ3n) is 4.65. The molecule has 2 heterocycles. The van der Waals surface area contributed by atoms with E-state index in [2.05, 4.69) is 15.2 Å². The highest BCUT2D eigenvalue weighted by atomic mass is 127. The molecule has 27 heavy (non-hydrogen) atoms. The molecule has 2 aliphatic rings. The second kappa shape index (κ2) is 11.5. The number of nitrogens with zero attached hydrogens (tertiary/aromatic N) is 3. The molecule has 158 valence electrons. The number of guanidine groups is 1. The summed E-state index contributed by atoms with van der Waals surface area (Å²) in [5.74, 6) is 1.54. The number of aliphatic imine (C=N–C) groups is 1. The van der Waals surface area contributed by atoms with Gasteiger partial charge in [-0.2, -0.15) is 0 Å². The average molecular weight is 514 g/mol. The van der Waals surface area contributed by atoms with Crippen molar-refractivity contribution in [1.82, 2.24) is 15.1 Å². The van der Waals surface area contributed by atoms with E-state index in [0.717, 1.165) is 38.4 Å². The van der Waals surface area contributed by atoms with E-state index >= 15 is 0 Å². The third-order valence-corrected chi connectivity index (χ3v) is 6.57. The van der Waals surface area contributed by atoms with Crippen molar-refractivity contribution in [2.45, 2.75) is 51.4 Å². The fourth-order valence-electron chi connectivity index (χ4n) is 3.08. The lowest BCUT2D eigenvalue weighted by molar-refractivity contribution is -0.142. The minimum atomic E-state index is -0.896. The van der Waals surface area contributed by atoms with Gasteiger partial charge >= 0.3 is 0 Å². The van der Waals surface area contributed by atoms with Gasteiger partial charge in [-0.25, -0.2) is 0 Å². The second-order valence-electron chi connectivity index (χ2n) is 7.71. The predicted molar refractivity (Wildman–Crippen MR) is 121 cm³/mol. The van der Waals surface area contributed by atoms with Crippen LogP contribution in [0, 0.1) is 0 Å². The molecule has 0 saturated carbocycles. The zero-order valence-corrected chi connectivity index (χ0v) is 20.2. The van der Waals surface area contributed by atoms with Crippen LogP contribution >= 0.6 is 24.0 Å². The molecule has 0 aromatic carbocycles. The van der Waals surface area contributed by atoms with Crippen LogP contribution in [0.4, 0.5) is 0 Å². The molecule has 0 spiro atoms. The topological polar surface area (TPSA) is 74.2 Å². The fraction of sp³-hybridized carbons (Fsp3) is 0.889. The normalized spacial score (nSPS) is 22.4. The van der Waals surface area contributed by atoms with Crippen LogP contribution < -0.4 is 5.32 Å². The van der Waals surface area contributed by atoms with Crippen molar-refractivity contribution in [1.29, 1.82) is 0 Å². The van der Waals surface area contributed by atoms with Gasteiger partial charge < -0.3 is 19.9 Å². The Labute approximate surface area is 183 Å². The summed E-state index contributed by atoms with van der Waals surface area (Å²) < 4.78 is 17.5. The fourth-order valence-corrected chi connectivity index (χ4v) is 3.95. The zero-order chi connectivity index (χ0) is 19.2. The first-order valence-corrected chi connectivity index (χ1v) is 11.0. The van der Waals surface area contributed by atoms with E-state index in [1.165, 1.54) is 0 Å². The first kappa shape index (κ1) is 24.6. The minimum absolute atomic E-state index is 0. The molecule has 2 aliphatic heterocycles. The van der Waals surface area contributed by atoms with Crippen molar-refractivity contribution in [3.63, 3.8) is 0 Å². The van der Waals surface area contributed by atoms with Gasteiger partial charge in [0.25, 0.3) is 5.91 Å². The molecule has 0 radical (unpaired) electrons. The number of hydrogen-bond acceptors (Lipinski definition) is 4. The summed E-state index contributed by atoms with van der Waals surface area (Å²) in [7, 11) is -0.896. The number of hydrogen-bond donors (Lipinski definition) is 1. The van der Waals surface area contributed by atoms with Gasteiger partial charge in [-0.1, -0.05) is 0 Å². The molecule has 0 aromatic heterocycles. The van der Waals surface area contributed by atoms with E-state index in [1.807, 2.05) is 32.6 Å². The van der Waals surface area contributed by atoms with E-state index in [1.54, 1.807) is 0 Å². The third kappa shape index (κ3) is 7.49. The highest BCUT2D eigenvalue weighted by molar-refractivity contribution is 14.0. The van der Waals surface area contributed by atoms with Crippen LogP contribution in [0.15, 0.2) is 4.99 Å². The molecule has 9 heteroatoms. The minimum Gasteiger partial charge on any atom is -0.368 e. The summed E-state index contributed by atoms with van der Waals surface area (Å²) in [5, 5.41) is 3.31. The first-order chi connectivity index (χ1) is 12.3. The maximum atomic E-state index is 12.4. The molecule has 2 rings (SSSR count). The van der Waals surface area contributed by atoms with Gasteiger partial charge in [0, 0.05) is 60.6 Å². The Morgan fingerprint density at radius 3 is 2.37 bits per heavy atom. The molecule has 0 bridgehead atoms. The second-order valence-corrected chi connectivity index (χ2v) is 10.0. The van der Waals surface area contributed by atoms with Crippen molar-refractivity contribution in [2.75, 3.05) is 51.6 Å². The molecule has 0 aliphatic carbocycles. The predicted octanol–water partition coefficient (Wildman–Crippen LogP) is 1.44. The number of halogens is 1. The SMILES string of the molecule is CCNC(=NCCS(=O)C(C)(C)C)N1CCN(C(=O)C2CCCO2)CC1.I. The summed E-state index contributed by atoms with van der Waals surface area (Å²) in [6, 6.07) is 0. The Morgan fingerprint density at radius 1 is 1.22 bits per heavy atom. The van der Waals surface area contributed by atoms with Crippen LogP contribution in [0.1, 0.15) is 40.5 Å². The Morgan fingerprint density at radius 2 is 1.85 bits per heavy atom. The Balaban J connectivity index is 0.00000364. The molecule has 7 nitrogen and oxygen atoms in total. The lowest BCUT2D eigenvalue weighted by atomic mass is 10.2. The van der Waals surface area contributed by atoms with Gasteiger partial charge in [-0.3, -0.25) is 14.0 Å². The average Bonchev–Trinajstić information content (AvgIpc) is 3.14. The number of rotatable bonds is 5. The number of carbonyl (C=O) groups is 1. The molecule has 2 saturated heterocycles. The molecular weight excluding hydrogens is 479 g/mol. The van der Waals surface area contributed by atoms with Gasteiger partial charge in [0.05, 0.1) is 6.54 Å². The smallest absolute Gasteiger partial charge is 0.251 e. The lowest BCUT2D eigenvalue weighted by Crippen LogP contribution is -2.55. The first-order valence-electron chi connectivity index (χ1n) is 9.65. The van der Waals surface area contributed by atoms with Crippen LogP contribution in [0.5, 0.6) is 0 Å². The summed E-state index contributed by atoms with van der Waals surface area (Å²) in [5.41, 5.74) is 0. The monoisotopic (exact) mass is 514 g/mol.